The summed E-state index contributed by atoms with van der Waals surface area (Å²) in [5.41, 5.74) is 4.36. The molecule has 214 valence electrons. The molecule has 0 radical (unpaired) electrons. The molecule has 2 aliphatic heterocycles. The molecule has 2 aliphatic rings. The fourth-order valence-corrected chi connectivity index (χ4v) is 6.35. The lowest BCUT2D eigenvalue weighted by molar-refractivity contribution is -0.128. The van der Waals surface area contributed by atoms with Gasteiger partial charge in [0.25, 0.3) is 0 Å². The van der Waals surface area contributed by atoms with E-state index in [2.05, 4.69) is 33.7 Å². The zero-order valence-corrected chi connectivity index (χ0v) is 24.6. The molecule has 2 fully saturated rings. The second-order valence-electron chi connectivity index (χ2n) is 11.5. The molecule has 10 heteroatoms. The Kier molecular flexibility index (Phi) is 6.68. The zero-order chi connectivity index (χ0) is 29.2. The Hall–Kier alpha value is -4.05. The molecule has 0 aliphatic carbocycles. The zero-order valence-electron chi connectivity index (χ0n) is 24.6. The largest absolute Gasteiger partial charge is 0.349 e. The van der Waals surface area contributed by atoms with E-state index in [0.717, 1.165) is 40.7 Å². The molecule has 2 aromatic carbocycles. The number of hydrogen-bond donors (Lipinski definition) is 1. The van der Waals surface area contributed by atoms with Crippen LogP contribution < -0.4 is 15.1 Å². The van der Waals surface area contributed by atoms with Crippen molar-refractivity contribution in [2.75, 3.05) is 43.0 Å². The van der Waals surface area contributed by atoms with Gasteiger partial charge in [-0.15, -0.1) is 0 Å². The van der Waals surface area contributed by atoms with Gasteiger partial charge in [0.1, 0.15) is 11.3 Å². The molecule has 4 aromatic rings. The minimum absolute atomic E-state index is 0.0315. The number of halogens is 1. The van der Waals surface area contributed by atoms with E-state index in [4.69, 9.17) is 9.97 Å². The maximum Gasteiger partial charge on any atom is 0.246 e. The Balaban J connectivity index is 1.56. The number of hydrogen-bond acceptors (Lipinski definition) is 7. The summed E-state index contributed by atoms with van der Waals surface area (Å²) in [5, 5.41) is 9.38. The maximum atomic E-state index is 17.0. The fraction of sp³-hybridized carbons (Fsp3) is 0.419. The smallest absolute Gasteiger partial charge is 0.246 e. The van der Waals surface area contributed by atoms with Crippen molar-refractivity contribution in [1.29, 1.82) is 0 Å². The molecule has 0 saturated carbocycles. The van der Waals surface area contributed by atoms with Crippen molar-refractivity contribution in [2.45, 2.75) is 45.8 Å². The summed E-state index contributed by atoms with van der Waals surface area (Å²) in [4.78, 5) is 28.5. The van der Waals surface area contributed by atoms with Crippen molar-refractivity contribution in [1.82, 2.24) is 30.0 Å². The molecule has 0 spiro atoms. The number of benzene rings is 2. The number of nitrogens with one attached hydrogen (secondary N) is 1. The lowest BCUT2D eigenvalue weighted by Gasteiger charge is -2.45. The van der Waals surface area contributed by atoms with Crippen molar-refractivity contribution in [2.24, 2.45) is 7.05 Å². The predicted molar refractivity (Wildman–Crippen MR) is 162 cm³/mol. The molecule has 6 rings (SSSR count). The summed E-state index contributed by atoms with van der Waals surface area (Å²) in [6.07, 6.45) is 3.18. The SMILES string of the molecule is C=CC(=O)N1C[C@H](C)N(c2nc(N3CC(NC)C3)nc3c(F)c(-c4c(C)ccc5cnn(C)c45)c(C)cc23)C[C@H]1C. The predicted octanol–water partition coefficient (Wildman–Crippen LogP) is 3.96. The number of nitrogens with zero attached hydrogens (tertiary/aromatic N) is 7. The standard InChI is InChI=1S/C31H37FN8O/c1-8-24(41)39-13-20(5)40(14-19(39)4)30-23-11-18(3)25(26-17(2)9-10-21-12-34-37(7)29(21)26)27(32)28(23)35-31(36-30)38-15-22(16-38)33-6/h8-12,19-20,22,33H,1,13-16H2,2-7H3/t19-,20+/m1/s1. The summed E-state index contributed by atoms with van der Waals surface area (Å²) < 4.78 is 18.8. The fourth-order valence-electron chi connectivity index (χ4n) is 6.35. The topological polar surface area (TPSA) is 82.4 Å². The Bertz CT molecular complexity index is 1690. The van der Waals surface area contributed by atoms with Crippen LogP contribution in [-0.2, 0) is 11.8 Å². The van der Waals surface area contributed by atoms with Crippen molar-refractivity contribution < 1.29 is 9.18 Å². The van der Waals surface area contributed by atoms with Crippen LogP contribution in [-0.4, -0.2) is 81.9 Å². The summed E-state index contributed by atoms with van der Waals surface area (Å²) in [6, 6.07) is 6.31. The number of carbonyl (C=O) groups excluding carboxylic acids is 1. The highest BCUT2D eigenvalue weighted by Crippen LogP contribution is 2.41. The summed E-state index contributed by atoms with van der Waals surface area (Å²) in [7, 11) is 3.83. The first-order valence-corrected chi connectivity index (χ1v) is 14.2. The van der Waals surface area contributed by atoms with Crippen molar-refractivity contribution in [3.8, 4) is 11.1 Å². The third-order valence-electron chi connectivity index (χ3n) is 8.75. The number of amides is 1. The molecule has 2 aromatic heterocycles. The molecule has 9 nitrogen and oxygen atoms in total. The second-order valence-corrected chi connectivity index (χ2v) is 11.5. The first-order chi connectivity index (χ1) is 19.6. The highest BCUT2D eigenvalue weighted by Gasteiger charge is 2.35. The monoisotopic (exact) mass is 556 g/mol. The van der Waals surface area contributed by atoms with Gasteiger partial charge in [0.05, 0.1) is 11.7 Å². The lowest BCUT2D eigenvalue weighted by Crippen LogP contribution is -2.59. The van der Waals surface area contributed by atoms with Crippen LogP contribution in [0.4, 0.5) is 16.2 Å². The average molecular weight is 557 g/mol. The number of anilines is 2. The molecular weight excluding hydrogens is 519 g/mol. The van der Waals surface area contributed by atoms with Crippen LogP contribution >= 0.6 is 0 Å². The van der Waals surface area contributed by atoms with E-state index < -0.39 is 0 Å². The van der Waals surface area contributed by atoms with Crippen LogP contribution in [0, 0.1) is 19.7 Å². The van der Waals surface area contributed by atoms with Crippen LogP contribution in [0.25, 0.3) is 32.9 Å². The molecule has 0 unspecified atom stereocenters. The maximum absolute atomic E-state index is 17.0. The van der Waals surface area contributed by atoms with Gasteiger partial charge in [0, 0.05) is 73.3 Å². The van der Waals surface area contributed by atoms with Gasteiger partial charge in [0.2, 0.25) is 11.9 Å². The lowest BCUT2D eigenvalue weighted by atomic mass is 9.92. The number of aromatic nitrogens is 4. The number of rotatable bonds is 5. The molecule has 41 heavy (non-hydrogen) atoms. The van der Waals surface area contributed by atoms with Crippen LogP contribution in [0.3, 0.4) is 0 Å². The molecule has 1 N–H and O–H groups in total. The van der Waals surface area contributed by atoms with Gasteiger partial charge in [-0.25, -0.2) is 9.37 Å². The van der Waals surface area contributed by atoms with Crippen molar-refractivity contribution in [3.63, 3.8) is 0 Å². The van der Waals surface area contributed by atoms with E-state index in [1.165, 1.54) is 6.08 Å². The molecular formula is C31H37FN8O. The normalized spacial score (nSPS) is 19.7. The Morgan fingerprint density at radius 3 is 2.54 bits per heavy atom. The van der Waals surface area contributed by atoms with Crippen LogP contribution in [0.15, 0.2) is 37.1 Å². The van der Waals surface area contributed by atoms with E-state index in [9.17, 15) is 4.79 Å². The van der Waals surface area contributed by atoms with E-state index in [1.807, 2.05) is 68.8 Å². The highest BCUT2D eigenvalue weighted by molar-refractivity contribution is 6.01. The number of carbonyl (C=O) groups is 1. The molecule has 1 amide bonds. The molecule has 2 atom stereocenters. The van der Waals surface area contributed by atoms with Crippen LogP contribution in [0.1, 0.15) is 25.0 Å². The third kappa shape index (κ3) is 4.32. The molecule has 0 bridgehead atoms. The van der Waals surface area contributed by atoms with Gasteiger partial charge < -0.3 is 20.0 Å². The Morgan fingerprint density at radius 2 is 1.83 bits per heavy atom. The van der Waals surface area contributed by atoms with Gasteiger partial charge in [-0.1, -0.05) is 18.7 Å². The van der Waals surface area contributed by atoms with Crippen molar-refractivity contribution >= 4 is 39.5 Å². The quantitative estimate of drug-likeness (QED) is 0.373. The van der Waals surface area contributed by atoms with Crippen LogP contribution in [0.5, 0.6) is 0 Å². The van der Waals surface area contributed by atoms with E-state index in [0.29, 0.717) is 47.4 Å². The summed E-state index contributed by atoms with van der Waals surface area (Å²) in [6.45, 7) is 14.3. The highest BCUT2D eigenvalue weighted by atomic mass is 19.1. The Morgan fingerprint density at radius 1 is 1.07 bits per heavy atom. The van der Waals surface area contributed by atoms with Crippen LogP contribution in [0.2, 0.25) is 0 Å². The van der Waals surface area contributed by atoms with Gasteiger partial charge >= 0.3 is 0 Å². The van der Waals surface area contributed by atoms with E-state index in [1.54, 1.807) is 0 Å². The Labute approximate surface area is 239 Å². The first-order valence-electron chi connectivity index (χ1n) is 14.2. The number of fused-ring (bicyclic) bond motifs is 2. The van der Waals surface area contributed by atoms with Gasteiger partial charge in [-0.3, -0.25) is 9.48 Å². The molecule has 2 saturated heterocycles. The van der Waals surface area contributed by atoms with Gasteiger partial charge in [0.15, 0.2) is 5.82 Å². The van der Waals surface area contributed by atoms with Gasteiger partial charge in [-0.05, 0) is 58.0 Å². The number of aryl methyl sites for hydroxylation is 3. The number of likely N-dealkylation sites (N-methyl/N-ethyl adjacent to an activating group) is 1. The minimum atomic E-state index is -0.353. The summed E-state index contributed by atoms with van der Waals surface area (Å²) in [5.74, 6) is 0.787. The molecule has 4 heterocycles. The van der Waals surface area contributed by atoms with Gasteiger partial charge in [-0.2, -0.15) is 10.1 Å². The second kappa shape index (κ2) is 10.1. The van der Waals surface area contributed by atoms with E-state index >= 15 is 4.39 Å². The van der Waals surface area contributed by atoms with E-state index in [-0.39, 0.29) is 23.8 Å². The minimum Gasteiger partial charge on any atom is -0.349 e. The first kappa shape index (κ1) is 27.1. The van der Waals surface area contributed by atoms with Crippen molar-refractivity contribution in [3.05, 3.63) is 54.0 Å². The average Bonchev–Trinajstić information content (AvgIpc) is 3.30. The number of piperazine rings is 1. The summed E-state index contributed by atoms with van der Waals surface area (Å²) >= 11 is 0. The third-order valence-corrected chi connectivity index (χ3v) is 8.75.